The van der Waals surface area contributed by atoms with Gasteiger partial charge in [0.25, 0.3) is 0 Å². The minimum Gasteiger partial charge on any atom is -0.320 e. The van der Waals surface area contributed by atoms with E-state index in [9.17, 15) is 16.8 Å². The topological polar surface area (TPSA) is 119 Å². The predicted octanol–water partition coefficient (Wildman–Crippen LogP) is -0.864. The Morgan fingerprint density at radius 2 is 2.00 bits per heavy atom. The van der Waals surface area contributed by atoms with E-state index in [0.717, 1.165) is 6.26 Å². The van der Waals surface area contributed by atoms with Gasteiger partial charge in [-0.05, 0) is 18.1 Å². The summed E-state index contributed by atoms with van der Waals surface area (Å²) in [5.74, 6) is 5.22. The maximum Gasteiger partial charge on any atom is 0.248 e. The van der Waals surface area contributed by atoms with Crippen LogP contribution in [0.1, 0.15) is 5.69 Å². The summed E-state index contributed by atoms with van der Waals surface area (Å²) in [7, 11) is -7.65. The summed E-state index contributed by atoms with van der Waals surface area (Å²) in [5.41, 5.74) is 5.54. The van der Waals surface area contributed by atoms with Crippen molar-refractivity contribution in [2.75, 3.05) is 22.6 Å². The SMILES string of the molecule is CS(=O)(=O)CS(=O)(=O)Nc1cccc(C#CCN)n1. The number of hydrogen-bond donors (Lipinski definition) is 2. The van der Waals surface area contributed by atoms with E-state index in [1.807, 2.05) is 0 Å². The van der Waals surface area contributed by atoms with Gasteiger partial charge in [-0.3, -0.25) is 4.72 Å². The standard InChI is InChI=1S/C10H13N3O4S2/c1-18(14,15)8-19(16,17)13-10-6-2-4-9(12-10)5-3-7-11/h2,4,6H,7-8,11H2,1H3,(H,12,13). The number of sulfone groups is 1. The average Bonchev–Trinajstić information content (AvgIpc) is 2.22. The third kappa shape index (κ3) is 6.19. The normalized spacial score (nSPS) is 11.5. The Hall–Kier alpha value is -1.63. The molecule has 19 heavy (non-hydrogen) atoms. The zero-order valence-electron chi connectivity index (χ0n) is 10.1. The maximum absolute atomic E-state index is 11.6. The molecule has 0 saturated carbocycles. The summed E-state index contributed by atoms with van der Waals surface area (Å²) in [6, 6.07) is 4.52. The number of nitrogens with zero attached hydrogens (tertiary/aromatic N) is 1. The summed E-state index contributed by atoms with van der Waals surface area (Å²) < 4.78 is 47.1. The molecule has 0 saturated heterocycles. The monoisotopic (exact) mass is 303 g/mol. The van der Waals surface area contributed by atoms with Crippen molar-refractivity contribution >= 4 is 25.7 Å². The lowest BCUT2D eigenvalue weighted by Crippen LogP contribution is -2.22. The van der Waals surface area contributed by atoms with Gasteiger partial charge >= 0.3 is 0 Å². The molecule has 0 spiro atoms. The van der Waals surface area contributed by atoms with Crippen LogP contribution in [0.15, 0.2) is 18.2 Å². The molecule has 0 unspecified atom stereocenters. The molecule has 7 nitrogen and oxygen atoms in total. The third-order valence-electron chi connectivity index (χ3n) is 1.70. The molecule has 0 aliphatic rings. The highest BCUT2D eigenvalue weighted by atomic mass is 32.3. The van der Waals surface area contributed by atoms with Gasteiger partial charge in [-0.25, -0.2) is 21.8 Å². The van der Waals surface area contributed by atoms with Crippen LogP contribution >= 0.6 is 0 Å². The van der Waals surface area contributed by atoms with Crippen LogP contribution < -0.4 is 10.5 Å². The highest BCUT2D eigenvalue weighted by molar-refractivity contribution is 8.08. The van der Waals surface area contributed by atoms with Crippen LogP contribution in [0.2, 0.25) is 0 Å². The lowest BCUT2D eigenvalue weighted by atomic mass is 10.3. The molecule has 1 aromatic heterocycles. The smallest absolute Gasteiger partial charge is 0.248 e. The van der Waals surface area contributed by atoms with Gasteiger partial charge < -0.3 is 5.73 Å². The van der Waals surface area contributed by atoms with Crippen molar-refractivity contribution in [2.45, 2.75) is 0 Å². The van der Waals surface area contributed by atoms with E-state index in [1.54, 1.807) is 12.1 Å². The highest BCUT2D eigenvalue weighted by Crippen LogP contribution is 2.07. The first-order chi connectivity index (χ1) is 8.72. The largest absolute Gasteiger partial charge is 0.320 e. The fourth-order valence-electron chi connectivity index (χ4n) is 1.17. The quantitative estimate of drug-likeness (QED) is 0.698. The summed E-state index contributed by atoms with van der Waals surface area (Å²) in [6.45, 7) is 0.158. The summed E-state index contributed by atoms with van der Waals surface area (Å²) in [5, 5.41) is -1.000. The van der Waals surface area contributed by atoms with Gasteiger partial charge in [-0.2, -0.15) is 0 Å². The van der Waals surface area contributed by atoms with E-state index < -0.39 is 24.9 Å². The maximum atomic E-state index is 11.6. The lowest BCUT2D eigenvalue weighted by molar-refractivity contribution is 0.595. The summed E-state index contributed by atoms with van der Waals surface area (Å²) >= 11 is 0. The fourth-order valence-corrected chi connectivity index (χ4v) is 4.10. The second-order valence-electron chi connectivity index (χ2n) is 3.67. The minimum absolute atomic E-state index is 0.00692. The van der Waals surface area contributed by atoms with Crippen LogP contribution in [0.5, 0.6) is 0 Å². The molecule has 0 aliphatic heterocycles. The van der Waals surface area contributed by atoms with E-state index in [-0.39, 0.29) is 12.4 Å². The van der Waals surface area contributed by atoms with Gasteiger partial charge in [-0.15, -0.1) is 0 Å². The molecule has 1 heterocycles. The molecular formula is C10H13N3O4S2. The van der Waals surface area contributed by atoms with Crippen molar-refractivity contribution in [1.29, 1.82) is 0 Å². The van der Waals surface area contributed by atoms with E-state index in [1.165, 1.54) is 6.07 Å². The van der Waals surface area contributed by atoms with Crippen LogP contribution in [0.25, 0.3) is 0 Å². The second kappa shape index (κ2) is 6.01. The van der Waals surface area contributed by atoms with E-state index in [4.69, 9.17) is 5.73 Å². The van der Waals surface area contributed by atoms with E-state index in [2.05, 4.69) is 21.5 Å². The first kappa shape index (κ1) is 15.4. The number of hydrogen-bond acceptors (Lipinski definition) is 6. The zero-order chi connectivity index (χ0) is 14.5. The fraction of sp³-hybridized carbons (Fsp3) is 0.300. The minimum atomic E-state index is -4.00. The first-order valence-corrected chi connectivity index (χ1v) is 8.77. The third-order valence-corrected chi connectivity index (χ3v) is 5.17. The van der Waals surface area contributed by atoms with Crippen LogP contribution in [0, 0.1) is 11.8 Å². The van der Waals surface area contributed by atoms with Crippen molar-refractivity contribution in [1.82, 2.24) is 4.98 Å². The van der Waals surface area contributed by atoms with Crippen molar-refractivity contribution < 1.29 is 16.8 Å². The van der Waals surface area contributed by atoms with Gasteiger partial charge in [0.2, 0.25) is 10.0 Å². The number of sulfonamides is 1. The zero-order valence-corrected chi connectivity index (χ0v) is 11.8. The van der Waals surface area contributed by atoms with Crippen molar-refractivity contribution in [2.24, 2.45) is 5.73 Å². The Kier molecular flexibility index (Phi) is 4.88. The average molecular weight is 303 g/mol. The summed E-state index contributed by atoms with van der Waals surface area (Å²) in [4.78, 5) is 3.91. The Bertz CT molecular complexity index is 715. The lowest BCUT2D eigenvalue weighted by Gasteiger charge is -2.06. The van der Waals surface area contributed by atoms with Gasteiger partial charge in [0.1, 0.15) is 11.5 Å². The van der Waals surface area contributed by atoms with Crippen LogP contribution in [0.4, 0.5) is 5.82 Å². The second-order valence-corrected chi connectivity index (χ2v) is 7.90. The molecule has 1 aromatic rings. The summed E-state index contributed by atoms with van der Waals surface area (Å²) in [6.07, 6.45) is 0.836. The number of pyridine rings is 1. The van der Waals surface area contributed by atoms with Crippen LogP contribution in [-0.2, 0) is 19.9 Å². The molecule has 0 aromatic carbocycles. The van der Waals surface area contributed by atoms with Gasteiger partial charge in [0.05, 0.1) is 6.54 Å². The van der Waals surface area contributed by atoms with E-state index in [0.29, 0.717) is 5.69 Å². The molecule has 0 bridgehead atoms. The Labute approximate surface area is 112 Å². The van der Waals surface area contributed by atoms with Crippen molar-refractivity contribution in [3.8, 4) is 11.8 Å². The molecule has 104 valence electrons. The van der Waals surface area contributed by atoms with Crippen LogP contribution in [0.3, 0.4) is 0 Å². The molecule has 3 N–H and O–H groups in total. The van der Waals surface area contributed by atoms with Gasteiger partial charge in [0, 0.05) is 6.26 Å². The molecule has 0 atom stereocenters. The van der Waals surface area contributed by atoms with Gasteiger partial charge in [0.15, 0.2) is 14.9 Å². The predicted molar refractivity (Wildman–Crippen MR) is 72.4 cm³/mol. The van der Waals surface area contributed by atoms with Gasteiger partial charge in [-0.1, -0.05) is 12.0 Å². The number of aromatic nitrogens is 1. The number of nitrogens with two attached hydrogens (primary N) is 1. The first-order valence-electron chi connectivity index (χ1n) is 5.06. The molecule has 0 radical (unpaired) electrons. The Balaban J connectivity index is 2.94. The number of nitrogens with one attached hydrogen (secondary N) is 1. The Morgan fingerprint density at radius 3 is 2.58 bits per heavy atom. The molecule has 1 rings (SSSR count). The molecule has 0 aliphatic carbocycles. The number of anilines is 1. The molecule has 0 amide bonds. The molecule has 0 fully saturated rings. The van der Waals surface area contributed by atoms with Crippen molar-refractivity contribution in [3.63, 3.8) is 0 Å². The van der Waals surface area contributed by atoms with Crippen molar-refractivity contribution in [3.05, 3.63) is 23.9 Å². The molecule has 9 heteroatoms. The number of rotatable bonds is 4. The van der Waals surface area contributed by atoms with Crippen LogP contribution in [-0.4, -0.2) is 39.7 Å². The Morgan fingerprint density at radius 1 is 1.32 bits per heavy atom. The van der Waals surface area contributed by atoms with E-state index >= 15 is 0 Å². The highest BCUT2D eigenvalue weighted by Gasteiger charge is 2.18. The molecular weight excluding hydrogens is 290 g/mol.